The molecule has 1 N–H and O–H groups in total. The van der Waals surface area contributed by atoms with Crippen LogP contribution in [0.25, 0.3) is 0 Å². The average molecular weight is 462 g/mol. The lowest BCUT2D eigenvalue weighted by Gasteiger charge is -2.39. The zero-order chi connectivity index (χ0) is 17.5. The van der Waals surface area contributed by atoms with Crippen molar-refractivity contribution < 1.29 is 0 Å². The van der Waals surface area contributed by atoms with Crippen molar-refractivity contribution in [1.29, 1.82) is 0 Å². The summed E-state index contributed by atoms with van der Waals surface area (Å²) in [4.78, 5) is 13.5. The molecule has 1 aromatic heterocycles. The van der Waals surface area contributed by atoms with Crippen LogP contribution in [-0.2, 0) is 0 Å². The standard InChI is InChI=1S/C18H34N6.HI/c1-6-16(3)22(5)11-9-21-18(19-4)23-10-7-15(2)17(13-23)24-12-8-20-14-24;/h8,12,14-17H,6-7,9-11,13H2,1-5H3,(H,19,21);1H. The van der Waals surface area contributed by atoms with Crippen molar-refractivity contribution in [3.05, 3.63) is 18.7 Å². The van der Waals surface area contributed by atoms with Crippen LogP contribution >= 0.6 is 24.0 Å². The zero-order valence-electron chi connectivity index (χ0n) is 16.4. The van der Waals surface area contributed by atoms with Gasteiger partial charge in [0.15, 0.2) is 5.96 Å². The van der Waals surface area contributed by atoms with Crippen molar-refractivity contribution in [2.75, 3.05) is 40.3 Å². The second-order valence-electron chi connectivity index (χ2n) is 7.00. The van der Waals surface area contributed by atoms with Gasteiger partial charge in [-0.3, -0.25) is 4.99 Å². The van der Waals surface area contributed by atoms with Gasteiger partial charge in [0.25, 0.3) is 0 Å². The smallest absolute Gasteiger partial charge is 0.193 e. The summed E-state index contributed by atoms with van der Waals surface area (Å²) in [5, 5.41) is 3.54. The summed E-state index contributed by atoms with van der Waals surface area (Å²) in [6.07, 6.45) is 8.23. The van der Waals surface area contributed by atoms with E-state index in [0.29, 0.717) is 18.0 Å². The van der Waals surface area contributed by atoms with Gasteiger partial charge in [-0.1, -0.05) is 13.8 Å². The molecule has 0 amide bonds. The molecule has 0 radical (unpaired) electrons. The molecule has 0 bridgehead atoms. The number of likely N-dealkylation sites (N-methyl/N-ethyl adjacent to an activating group) is 1. The lowest BCUT2D eigenvalue weighted by Crippen LogP contribution is -2.50. The summed E-state index contributed by atoms with van der Waals surface area (Å²) in [5.74, 6) is 1.68. The van der Waals surface area contributed by atoms with Gasteiger partial charge in [-0.25, -0.2) is 4.98 Å². The first kappa shape index (κ1) is 22.2. The summed E-state index contributed by atoms with van der Waals surface area (Å²) in [6, 6.07) is 1.08. The number of nitrogens with zero attached hydrogens (tertiary/aromatic N) is 5. The Morgan fingerprint density at radius 2 is 2.24 bits per heavy atom. The van der Waals surface area contributed by atoms with Crippen molar-refractivity contribution in [1.82, 2.24) is 24.7 Å². The van der Waals surface area contributed by atoms with Crippen LogP contribution in [0.2, 0.25) is 0 Å². The third-order valence-corrected chi connectivity index (χ3v) is 5.43. The fraction of sp³-hybridized carbons (Fsp3) is 0.778. The van der Waals surface area contributed by atoms with Gasteiger partial charge in [-0.15, -0.1) is 24.0 Å². The van der Waals surface area contributed by atoms with E-state index in [1.165, 1.54) is 12.8 Å². The molecule has 3 atom stereocenters. The second kappa shape index (κ2) is 11.0. The Morgan fingerprint density at radius 3 is 2.84 bits per heavy atom. The molecule has 2 rings (SSSR count). The molecule has 144 valence electrons. The number of aromatic nitrogens is 2. The fourth-order valence-electron chi connectivity index (χ4n) is 3.30. The molecule has 2 heterocycles. The lowest BCUT2D eigenvalue weighted by molar-refractivity contribution is 0.188. The molecular formula is C18H35IN6. The Morgan fingerprint density at radius 1 is 1.48 bits per heavy atom. The van der Waals surface area contributed by atoms with Gasteiger partial charge >= 0.3 is 0 Å². The van der Waals surface area contributed by atoms with Gasteiger partial charge in [0.1, 0.15) is 0 Å². The Bertz CT molecular complexity index is 504. The number of nitrogens with one attached hydrogen (secondary N) is 1. The quantitative estimate of drug-likeness (QED) is 0.401. The highest BCUT2D eigenvalue weighted by molar-refractivity contribution is 14.0. The molecule has 1 aromatic rings. The zero-order valence-corrected chi connectivity index (χ0v) is 18.7. The SMILES string of the molecule is CCC(C)N(C)CCNC(=NC)N1CCC(C)C(n2ccnc2)C1.I. The third kappa shape index (κ3) is 6.13. The Kier molecular flexibility index (Phi) is 9.78. The summed E-state index contributed by atoms with van der Waals surface area (Å²) in [6.45, 7) is 10.8. The summed E-state index contributed by atoms with van der Waals surface area (Å²) >= 11 is 0. The number of piperidine rings is 1. The minimum Gasteiger partial charge on any atom is -0.355 e. The van der Waals surface area contributed by atoms with Crippen molar-refractivity contribution >= 4 is 29.9 Å². The van der Waals surface area contributed by atoms with Gasteiger partial charge in [0.05, 0.1) is 12.4 Å². The van der Waals surface area contributed by atoms with Crippen LogP contribution in [0.5, 0.6) is 0 Å². The van der Waals surface area contributed by atoms with Crippen molar-refractivity contribution in [3.8, 4) is 0 Å². The first-order valence-corrected chi connectivity index (χ1v) is 9.20. The Labute approximate surface area is 170 Å². The van der Waals surface area contributed by atoms with Crippen molar-refractivity contribution in [2.45, 2.75) is 45.7 Å². The lowest BCUT2D eigenvalue weighted by atomic mass is 9.93. The number of imidazole rings is 1. The molecule has 6 nitrogen and oxygen atoms in total. The van der Waals surface area contributed by atoms with Gasteiger partial charge < -0.3 is 19.7 Å². The number of hydrogen-bond donors (Lipinski definition) is 1. The number of rotatable bonds is 6. The number of halogens is 1. The molecule has 0 saturated carbocycles. The molecule has 25 heavy (non-hydrogen) atoms. The summed E-state index contributed by atoms with van der Waals surface area (Å²) < 4.78 is 2.24. The molecule has 1 saturated heterocycles. The van der Waals surface area contributed by atoms with E-state index in [2.05, 4.69) is 63.7 Å². The highest BCUT2D eigenvalue weighted by Gasteiger charge is 2.28. The molecule has 3 unspecified atom stereocenters. The van der Waals surface area contributed by atoms with E-state index >= 15 is 0 Å². The highest BCUT2D eigenvalue weighted by Crippen LogP contribution is 2.27. The maximum atomic E-state index is 4.50. The Hall–Kier alpha value is -0.830. The topological polar surface area (TPSA) is 48.7 Å². The average Bonchev–Trinajstić information content (AvgIpc) is 3.13. The molecule has 1 aliphatic heterocycles. The van der Waals surface area contributed by atoms with Gasteiger partial charge in [-0.2, -0.15) is 0 Å². The number of aliphatic imine (C=N–C) groups is 1. The molecule has 0 spiro atoms. The summed E-state index contributed by atoms with van der Waals surface area (Å²) in [7, 11) is 4.07. The van der Waals surface area contributed by atoms with E-state index in [9.17, 15) is 0 Å². The van der Waals surface area contributed by atoms with Crippen LogP contribution in [0.1, 0.15) is 39.7 Å². The van der Waals surface area contributed by atoms with E-state index in [1.54, 1.807) is 0 Å². The second-order valence-corrected chi connectivity index (χ2v) is 7.00. The van der Waals surface area contributed by atoms with Crippen LogP contribution in [0.15, 0.2) is 23.7 Å². The number of likely N-dealkylation sites (tertiary alicyclic amines) is 1. The minimum atomic E-state index is 0. The maximum absolute atomic E-state index is 4.50. The molecule has 0 aliphatic carbocycles. The molecular weight excluding hydrogens is 427 g/mol. The molecule has 7 heteroatoms. The molecule has 1 fully saturated rings. The predicted octanol–water partition coefficient (Wildman–Crippen LogP) is 2.69. The van der Waals surface area contributed by atoms with Crippen LogP contribution < -0.4 is 5.32 Å². The number of hydrogen-bond acceptors (Lipinski definition) is 3. The molecule has 0 aromatic carbocycles. The van der Waals surface area contributed by atoms with E-state index in [1.807, 2.05) is 19.6 Å². The largest absolute Gasteiger partial charge is 0.355 e. The van der Waals surface area contributed by atoms with Gasteiger partial charge in [-0.05, 0) is 32.7 Å². The van der Waals surface area contributed by atoms with E-state index in [0.717, 1.165) is 32.1 Å². The van der Waals surface area contributed by atoms with E-state index in [-0.39, 0.29) is 24.0 Å². The van der Waals surface area contributed by atoms with E-state index < -0.39 is 0 Å². The highest BCUT2D eigenvalue weighted by atomic mass is 127. The van der Waals surface area contributed by atoms with Crippen LogP contribution in [0, 0.1) is 5.92 Å². The van der Waals surface area contributed by atoms with Crippen LogP contribution in [-0.4, -0.2) is 71.6 Å². The number of guanidine groups is 1. The van der Waals surface area contributed by atoms with Crippen LogP contribution in [0.4, 0.5) is 0 Å². The summed E-state index contributed by atoms with van der Waals surface area (Å²) in [5.41, 5.74) is 0. The Balaban J connectivity index is 0.00000312. The van der Waals surface area contributed by atoms with Crippen LogP contribution in [0.3, 0.4) is 0 Å². The first-order chi connectivity index (χ1) is 11.6. The predicted molar refractivity (Wildman–Crippen MR) is 116 cm³/mol. The van der Waals surface area contributed by atoms with E-state index in [4.69, 9.17) is 0 Å². The third-order valence-electron chi connectivity index (χ3n) is 5.43. The minimum absolute atomic E-state index is 0. The van der Waals surface area contributed by atoms with Gasteiger partial charge in [0, 0.05) is 51.7 Å². The fourth-order valence-corrected chi connectivity index (χ4v) is 3.30. The monoisotopic (exact) mass is 462 g/mol. The van der Waals surface area contributed by atoms with Gasteiger partial charge in [0.2, 0.25) is 0 Å². The maximum Gasteiger partial charge on any atom is 0.193 e. The first-order valence-electron chi connectivity index (χ1n) is 9.20. The van der Waals surface area contributed by atoms with Crippen molar-refractivity contribution in [3.63, 3.8) is 0 Å². The normalized spacial score (nSPS) is 22.6. The van der Waals surface area contributed by atoms with Crippen molar-refractivity contribution in [2.24, 2.45) is 10.9 Å². The molecule has 1 aliphatic rings.